The van der Waals surface area contributed by atoms with Gasteiger partial charge in [0.25, 0.3) is 0 Å². The molecule has 2 aromatic carbocycles. The van der Waals surface area contributed by atoms with Gasteiger partial charge in [-0.2, -0.15) is 4.31 Å². The second-order valence-corrected chi connectivity index (χ2v) is 10.7. The van der Waals surface area contributed by atoms with Crippen molar-refractivity contribution >= 4 is 33.0 Å². The third kappa shape index (κ3) is 5.28. The van der Waals surface area contributed by atoms with E-state index in [1.54, 1.807) is 35.6 Å². The quantitative estimate of drug-likeness (QED) is 0.579. The van der Waals surface area contributed by atoms with Gasteiger partial charge in [0.05, 0.1) is 9.77 Å². The number of aryl methyl sites for hydroxylation is 1. The molecule has 4 rings (SSSR count). The zero-order valence-electron chi connectivity index (χ0n) is 17.7. The average Bonchev–Trinajstić information content (AvgIpc) is 3.32. The van der Waals surface area contributed by atoms with E-state index in [9.17, 15) is 13.2 Å². The number of amides is 1. The van der Waals surface area contributed by atoms with Crippen LogP contribution in [-0.4, -0.2) is 31.7 Å². The monoisotopic (exact) mass is 464 g/mol. The first-order valence-corrected chi connectivity index (χ1v) is 12.8. The Labute approximate surface area is 193 Å². The molecule has 1 aliphatic rings. The summed E-state index contributed by atoms with van der Waals surface area (Å²) in [6, 6.07) is 18.3. The second-order valence-electron chi connectivity index (χ2n) is 7.79. The Morgan fingerprint density at radius 2 is 1.78 bits per heavy atom. The van der Waals surface area contributed by atoms with Crippen LogP contribution in [-0.2, 0) is 14.8 Å². The van der Waals surface area contributed by atoms with Crippen LogP contribution < -0.4 is 5.32 Å². The number of sulfonamides is 1. The van der Waals surface area contributed by atoms with Gasteiger partial charge >= 0.3 is 0 Å². The molecule has 2 heterocycles. The Morgan fingerprint density at radius 3 is 2.47 bits per heavy atom. The van der Waals surface area contributed by atoms with Crippen LogP contribution in [0.1, 0.15) is 28.8 Å². The smallest absolute Gasteiger partial charge is 0.243 e. The summed E-state index contributed by atoms with van der Waals surface area (Å²) in [5.74, 6) is 5.93. The van der Waals surface area contributed by atoms with Gasteiger partial charge in [-0.05, 0) is 61.5 Å². The van der Waals surface area contributed by atoms with Crippen LogP contribution >= 0.6 is 11.3 Å². The molecule has 1 N–H and O–H groups in total. The lowest BCUT2D eigenvalue weighted by molar-refractivity contribution is -0.120. The number of nitrogens with zero attached hydrogens (tertiary/aromatic N) is 1. The summed E-state index contributed by atoms with van der Waals surface area (Å²) >= 11 is 1.59. The maximum Gasteiger partial charge on any atom is 0.243 e. The van der Waals surface area contributed by atoms with Crippen LogP contribution in [0, 0.1) is 24.7 Å². The third-order valence-electron chi connectivity index (χ3n) is 5.46. The first-order chi connectivity index (χ1) is 15.4. The minimum Gasteiger partial charge on any atom is -0.326 e. The van der Waals surface area contributed by atoms with Crippen molar-refractivity contribution in [3.8, 4) is 11.8 Å². The fourth-order valence-electron chi connectivity index (χ4n) is 3.62. The number of piperidine rings is 1. The van der Waals surface area contributed by atoms with Crippen molar-refractivity contribution in [3.63, 3.8) is 0 Å². The first kappa shape index (κ1) is 22.3. The van der Waals surface area contributed by atoms with Crippen LogP contribution in [0.5, 0.6) is 0 Å². The highest BCUT2D eigenvalue weighted by Crippen LogP contribution is 2.25. The van der Waals surface area contributed by atoms with Gasteiger partial charge in [-0.25, -0.2) is 8.42 Å². The van der Waals surface area contributed by atoms with Gasteiger partial charge in [0.15, 0.2) is 0 Å². The summed E-state index contributed by atoms with van der Waals surface area (Å²) in [6.45, 7) is 2.59. The Bertz CT molecular complexity index is 1250. The molecule has 1 fully saturated rings. The average molecular weight is 465 g/mol. The fraction of sp³-hybridized carbons (Fsp3) is 0.240. The molecule has 3 aromatic rings. The van der Waals surface area contributed by atoms with Crippen molar-refractivity contribution in [1.29, 1.82) is 0 Å². The summed E-state index contributed by atoms with van der Waals surface area (Å²) in [5.41, 5.74) is 2.54. The number of nitrogens with one attached hydrogen (secondary N) is 1. The molecule has 0 radical (unpaired) electrons. The van der Waals surface area contributed by atoms with Crippen LogP contribution in [0.2, 0.25) is 0 Å². The van der Waals surface area contributed by atoms with Gasteiger partial charge in [0, 0.05) is 30.3 Å². The number of thiophene rings is 1. The number of rotatable bonds is 4. The predicted molar refractivity (Wildman–Crippen MR) is 128 cm³/mol. The van der Waals surface area contributed by atoms with Gasteiger partial charge in [0.1, 0.15) is 0 Å². The standard InChI is InChI=1S/C25H24N2O3S2/c1-19-7-11-24(12-8-19)32(29,30)27-15-13-21(14-16-27)25(28)26-22-5-2-4-20(18-22)9-10-23-6-3-17-31-23/h2-8,11-12,17-18,21H,13-16H2,1H3,(H,26,28). The Kier molecular flexibility index (Phi) is 6.75. The zero-order valence-corrected chi connectivity index (χ0v) is 19.4. The number of anilines is 1. The molecule has 0 bridgehead atoms. The van der Waals surface area contributed by atoms with Crippen molar-refractivity contribution in [1.82, 2.24) is 4.31 Å². The Balaban J connectivity index is 1.36. The highest BCUT2D eigenvalue weighted by atomic mass is 32.2. The van der Waals surface area contributed by atoms with Crippen molar-refractivity contribution in [3.05, 3.63) is 82.0 Å². The lowest BCUT2D eigenvalue weighted by Crippen LogP contribution is -2.41. The molecule has 0 spiro atoms. The summed E-state index contributed by atoms with van der Waals surface area (Å²) in [7, 11) is -3.53. The normalized spacial score (nSPS) is 15.0. The molecule has 0 aliphatic carbocycles. The number of hydrogen-bond donors (Lipinski definition) is 1. The van der Waals surface area contributed by atoms with Crippen LogP contribution in [0.4, 0.5) is 5.69 Å². The van der Waals surface area contributed by atoms with E-state index < -0.39 is 10.0 Å². The lowest BCUT2D eigenvalue weighted by atomic mass is 9.97. The second kappa shape index (κ2) is 9.70. The van der Waals surface area contributed by atoms with Gasteiger partial charge in [-0.1, -0.05) is 41.7 Å². The van der Waals surface area contributed by atoms with Crippen molar-refractivity contribution in [2.24, 2.45) is 5.92 Å². The Hall–Kier alpha value is -2.92. The molecule has 7 heteroatoms. The topological polar surface area (TPSA) is 66.5 Å². The summed E-state index contributed by atoms with van der Waals surface area (Å²) in [6.07, 6.45) is 0.990. The van der Waals surface area contributed by atoms with Crippen molar-refractivity contribution in [2.75, 3.05) is 18.4 Å². The molecule has 32 heavy (non-hydrogen) atoms. The van der Waals surface area contributed by atoms with E-state index in [1.165, 1.54) is 4.31 Å². The minimum atomic E-state index is -3.53. The van der Waals surface area contributed by atoms with Crippen molar-refractivity contribution < 1.29 is 13.2 Å². The molecule has 1 aromatic heterocycles. The van der Waals surface area contributed by atoms with E-state index in [2.05, 4.69) is 17.2 Å². The minimum absolute atomic E-state index is 0.0826. The van der Waals surface area contributed by atoms with E-state index in [1.807, 2.05) is 48.7 Å². The molecular formula is C25H24N2O3S2. The van der Waals surface area contributed by atoms with Crippen LogP contribution in [0.3, 0.4) is 0 Å². The number of hydrogen-bond acceptors (Lipinski definition) is 4. The van der Waals surface area contributed by atoms with Gasteiger partial charge < -0.3 is 5.32 Å². The van der Waals surface area contributed by atoms with Crippen molar-refractivity contribution in [2.45, 2.75) is 24.7 Å². The summed E-state index contributed by atoms with van der Waals surface area (Å²) in [4.78, 5) is 14.1. The molecule has 164 valence electrons. The summed E-state index contributed by atoms with van der Waals surface area (Å²) < 4.78 is 27.2. The molecule has 0 saturated carbocycles. The third-order valence-corrected chi connectivity index (χ3v) is 8.16. The molecule has 1 amide bonds. The van der Waals surface area contributed by atoms with E-state index in [4.69, 9.17) is 0 Å². The molecule has 5 nitrogen and oxygen atoms in total. The van der Waals surface area contributed by atoms with Gasteiger partial charge in [0.2, 0.25) is 15.9 Å². The van der Waals surface area contributed by atoms with Crippen LogP contribution in [0.25, 0.3) is 0 Å². The predicted octanol–water partition coefficient (Wildman–Crippen LogP) is 4.50. The van der Waals surface area contributed by atoms with Crippen LogP contribution in [0.15, 0.2) is 70.9 Å². The van der Waals surface area contributed by atoms with E-state index in [-0.39, 0.29) is 11.8 Å². The summed E-state index contributed by atoms with van der Waals surface area (Å²) in [5, 5.41) is 4.95. The molecule has 1 aliphatic heterocycles. The largest absolute Gasteiger partial charge is 0.326 e. The number of benzene rings is 2. The first-order valence-electron chi connectivity index (χ1n) is 10.4. The lowest BCUT2D eigenvalue weighted by Gasteiger charge is -2.30. The molecule has 1 saturated heterocycles. The van der Waals surface area contributed by atoms with E-state index >= 15 is 0 Å². The Morgan fingerprint density at radius 1 is 1.03 bits per heavy atom. The molecule has 0 unspecified atom stereocenters. The number of carbonyl (C=O) groups excluding carboxylic acids is 1. The molecular weight excluding hydrogens is 440 g/mol. The highest BCUT2D eigenvalue weighted by molar-refractivity contribution is 7.89. The highest BCUT2D eigenvalue weighted by Gasteiger charge is 2.32. The SMILES string of the molecule is Cc1ccc(S(=O)(=O)N2CCC(C(=O)Nc3cccc(C#Cc4cccs4)c3)CC2)cc1. The number of carbonyl (C=O) groups is 1. The fourth-order valence-corrected chi connectivity index (χ4v) is 5.66. The maximum atomic E-state index is 12.9. The molecule has 0 atom stereocenters. The van der Waals surface area contributed by atoms with Gasteiger partial charge in [-0.3, -0.25) is 4.79 Å². The van der Waals surface area contributed by atoms with E-state index in [0.29, 0.717) is 36.5 Å². The van der Waals surface area contributed by atoms with Gasteiger partial charge in [-0.15, -0.1) is 11.3 Å². The maximum absolute atomic E-state index is 12.9. The van der Waals surface area contributed by atoms with E-state index in [0.717, 1.165) is 16.0 Å². The zero-order chi connectivity index (χ0) is 22.6.